The van der Waals surface area contributed by atoms with E-state index in [2.05, 4.69) is 20.9 Å². The molecule has 0 aromatic carbocycles. The van der Waals surface area contributed by atoms with Crippen molar-refractivity contribution in [2.75, 3.05) is 0 Å². The van der Waals surface area contributed by atoms with Gasteiger partial charge in [-0.1, -0.05) is 0 Å². The van der Waals surface area contributed by atoms with Crippen molar-refractivity contribution in [1.29, 1.82) is 0 Å². The van der Waals surface area contributed by atoms with Gasteiger partial charge in [0.05, 0.1) is 6.33 Å². The second kappa shape index (κ2) is 3.82. The molecular formula is C9H12BrN3O. The highest BCUT2D eigenvalue weighted by Crippen LogP contribution is 2.26. The third kappa shape index (κ3) is 1.88. The van der Waals surface area contributed by atoms with E-state index in [4.69, 9.17) is 5.73 Å². The lowest BCUT2D eigenvalue weighted by Crippen LogP contribution is -2.40. The summed E-state index contributed by atoms with van der Waals surface area (Å²) in [5, 5.41) is 0. The van der Waals surface area contributed by atoms with Crippen LogP contribution in [0.15, 0.2) is 21.8 Å². The van der Waals surface area contributed by atoms with Gasteiger partial charge in [-0.05, 0) is 34.7 Å². The van der Waals surface area contributed by atoms with E-state index in [1.54, 1.807) is 10.9 Å². The molecule has 0 radical (unpaired) electrons. The molecule has 1 fully saturated rings. The molecule has 76 valence electrons. The van der Waals surface area contributed by atoms with Crippen molar-refractivity contribution in [2.45, 2.75) is 25.4 Å². The third-order valence-corrected chi connectivity index (χ3v) is 3.13. The van der Waals surface area contributed by atoms with Gasteiger partial charge in [0.15, 0.2) is 0 Å². The summed E-state index contributed by atoms with van der Waals surface area (Å²) < 4.78 is 2.16. The minimum absolute atomic E-state index is 0.0135. The topological polar surface area (TPSA) is 60.9 Å². The van der Waals surface area contributed by atoms with E-state index in [1.165, 1.54) is 6.20 Å². The highest BCUT2D eigenvalue weighted by Gasteiger charge is 2.26. The molecule has 0 saturated heterocycles. The minimum Gasteiger partial charge on any atom is -0.328 e. The van der Waals surface area contributed by atoms with E-state index in [0.29, 0.717) is 16.4 Å². The normalized spacial score (nSPS) is 25.9. The van der Waals surface area contributed by atoms with Crippen LogP contribution in [0.1, 0.15) is 12.8 Å². The molecule has 0 amide bonds. The van der Waals surface area contributed by atoms with Gasteiger partial charge in [0.2, 0.25) is 0 Å². The van der Waals surface area contributed by atoms with E-state index >= 15 is 0 Å². The molecule has 1 aromatic rings. The van der Waals surface area contributed by atoms with Gasteiger partial charge in [0.1, 0.15) is 4.47 Å². The lowest BCUT2D eigenvalue weighted by molar-refractivity contribution is 0.231. The summed E-state index contributed by atoms with van der Waals surface area (Å²) >= 11 is 3.17. The lowest BCUT2D eigenvalue weighted by Gasteiger charge is -2.32. The quantitative estimate of drug-likeness (QED) is 0.851. The van der Waals surface area contributed by atoms with Gasteiger partial charge in [-0.2, -0.15) is 0 Å². The van der Waals surface area contributed by atoms with Crippen molar-refractivity contribution in [2.24, 2.45) is 11.7 Å². The largest absolute Gasteiger partial charge is 0.328 e. The summed E-state index contributed by atoms with van der Waals surface area (Å²) in [4.78, 5) is 15.5. The Balaban J connectivity index is 2.10. The second-order valence-corrected chi connectivity index (χ2v) is 4.65. The molecule has 0 aliphatic heterocycles. The van der Waals surface area contributed by atoms with E-state index in [9.17, 15) is 4.79 Å². The molecular weight excluding hydrogens is 246 g/mol. The molecule has 1 aliphatic carbocycles. The van der Waals surface area contributed by atoms with E-state index in [-0.39, 0.29) is 5.56 Å². The number of aromatic nitrogens is 2. The van der Waals surface area contributed by atoms with Gasteiger partial charge in [0, 0.05) is 18.8 Å². The van der Waals surface area contributed by atoms with Crippen LogP contribution in [0.5, 0.6) is 0 Å². The number of halogens is 1. The summed E-state index contributed by atoms with van der Waals surface area (Å²) in [6, 6.07) is 0.329. The Hall–Kier alpha value is -0.680. The molecule has 1 saturated carbocycles. The molecule has 2 N–H and O–H groups in total. The Morgan fingerprint density at radius 3 is 3.00 bits per heavy atom. The van der Waals surface area contributed by atoms with Crippen molar-refractivity contribution in [3.63, 3.8) is 0 Å². The molecule has 1 aromatic heterocycles. The average Bonchev–Trinajstić information content (AvgIpc) is 2.10. The minimum atomic E-state index is -0.0135. The molecule has 1 aliphatic rings. The number of nitrogens with zero attached hydrogens (tertiary/aromatic N) is 2. The van der Waals surface area contributed by atoms with Crippen LogP contribution >= 0.6 is 15.9 Å². The fourth-order valence-corrected chi connectivity index (χ4v) is 2.11. The highest BCUT2D eigenvalue weighted by atomic mass is 79.9. The van der Waals surface area contributed by atoms with Crippen LogP contribution in [0.4, 0.5) is 0 Å². The summed E-state index contributed by atoms with van der Waals surface area (Å²) in [7, 11) is 0. The first-order valence-corrected chi connectivity index (χ1v) is 5.41. The summed E-state index contributed by atoms with van der Waals surface area (Å²) in [6.07, 6.45) is 5.13. The maximum absolute atomic E-state index is 11.6. The molecule has 5 heteroatoms. The second-order valence-electron chi connectivity index (χ2n) is 3.80. The Morgan fingerprint density at radius 2 is 2.36 bits per heavy atom. The van der Waals surface area contributed by atoms with Crippen molar-refractivity contribution < 1.29 is 0 Å². The van der Waals surface area contributed by atoms with Gasteiger partial charge >= 0.3 is 0 Å². The van der Waals surface area contributed by atoms with Gasteiger partial charge in [-0.3, -0.25) is 9.36 Å². The maximum atomic E-state index is 11.6. The molecule has 0 atom stereocenters. The van der Waals surface area contributed by atoms with Crippen LogP contribution in [-0.2, 0) is 6.54 Å². The first-order valence-electron chi connectivity index (χ1n) is 4.62. The molecule has 0 bridgehead atoms. The zero-order valence-electron chi connectivity index (χ0n) is 7.69. The Morgan fingerprint density at radius 1 is 1.64 bits per heavy atom. The first kappa shape index (κ1) is 9.86. The van der Waals surface area contributed by atoms with E-state index < -0.39 is 0 Å². The Kier molecular flexibility index (Phi) is 2.69. The highest BCUT2D eigenvalue weighted by molar-refractivity contribution is 9.10. The number of hydrogen-bond donors (Lipinski definition) is 1. The van der Waals surface area contributed by atoms with Crippen LogP contribution in [0, 0.1) is 5.92 Å². The van der Waals surface area contributed by atoms with Crippen molar-refractivity contribution in [3.8, 4) is 0 Å². The van der Waals surface area contributed by atoms with Crippen LogP contribution in [0.2, 0.25) is 0 Å². The predicted molar refractivity (Wildman–Crippen MR) is 56.9 cm³/mol. The first-order chi connectivity index (χ1) is 6.66. The maximum Gasteiger partial charge on any atom is 0.267 e. The summed E-state index contributed by atoms with van der Waals surface area (Å²) in [6.45, 7) is 0.735. The standard InChI is InChI=1S/C9H12BrN3O/c10-8-3-12-5-13(9(8)14)4-6-1-7(11)2-6/h3,5-7H,1-2,4,11H2. The molecule has 4 nitrogen and oxygen atoms in total. The van der Waals surface area contributed by atoms with Gasteiger partial charge in [-0.15, -0.1) is 0 Å². The Labute approximate surface area is 90.3 Å². The Bertz CT molecular complexity index is 384. The van der Waals surface area contributed by atoms with Crippen LogP contribution in [-0.4, -0.2) is 15.6 Å². The zero-order valence-corrected chi connectivity index (χ0v) is 9.27. The van der Waals surface area contributed by atoms with Crippen LogP contribution < -0.4 is 11.3 Å². The number of rotatable bonds is 2. The molecule has 0 spiro atoms. The fourth-order valence-electron chi connectivity index (χ4n) is 1.77. The molecule has 1 heterocycles. The number of hydrogen-bond acceptors (Lipinski definition) is 3. The summed E-state index contributed by atoms with van der Waals surface area (Å²) in [5.41, 5.74) is 5.66. The zero-order chi connectivity index (χ0) is 10.1. The van der Waals surface area contributed by atoms with E-state index in [0.717, 1.165) is 19.4 Å². The van der Waals surface area contributed by atoms with Crippen molar-refractivity contribution >= 4 is 15.9 Å². The SMILES string of the molecule is NC1CC(Cn2cncc(Br)c2=O)C1. The van der Waals surface area contributed by atoms with Crippen molar-refractivity contribution in [1.82, 2.24) is 9.55 Å². The van der Waals surface area contributed by atoms with Crippen LogP contribution in [0.25, 0.3) is 0 Å². The van der Waals surface area contributed by atoms with Gasteiger partial charge in [0.25, 0.3) is 5.56 Å². The van der Waals surface area contributed by atoms with Crippen molar-refractivity contribution in [3.05, 3.63) is 27.4 Å². The average molecular weight is 258 g/mol. The molecule has 2 rings (SSSR count). The molecule has 14 heavy (non-hydrogen) atoms. The fraction of sp³-hybridized carbons (Fsp3) is 0.556. The monoisotopic (exact) mass is 257 g/mol. The van der Waals surface area contributed by atoms with Gasteiger partial charge in [-0.25, -0.2) is 4.98 Å². The third-order valence-electron chi connectivity index (χ3n) is 2.59. The number of nitrogens with two attached hydrogens (primary N) is 1. The lowest BCUT2D eigenvalue weighted by atomic mass is 9.81. The van der Waals surface area contributed by atoms with E-state index in [1.807, 2.05) is 0 Å². The van der Waals surface area contributed by atoms with Gasteiger partial charge < -0.3 is 5.73 Å². The molecule has 0 unspecified atom stereocenters. The summed E-state index contributed by atoms with van der Waals surface area (Å²) in [5.74, 6) is 0.541. The predicted octanol–water partition coefficient (Wildman–Crippen LogP) is 0.743. The smallest absolute Gasteiger partial charge is 0.267 e. The van der Waals surface area contributed by atoms with Crippen LogP contribution in [0.3, 0.4) is 0 Å².